The Labute approximate surface area is 77.3 Å². The molecule has 1 aromatic carbocycles. The van der Waals surface area contributed by atoms with Crippen LogP contribution >= 0.6 is 0 Å². The molecule has 0 spiro atoms. The molecule has 1 aliphatic heterocycles. The fourth-order valence-electron chi connectivity index (χ4n) is 1.55. The second-order valence-corrected chi connectivity index (χ2v) is 3.07. The van der Waals surface area contributed by atoms with Crippen LogP contribution in [0.1, 0.15) is 6.92 Å². The number of rotatable bonds is 1. The molecule has 0 aliphatic carbocycles. The van der Waals surface area contributed by atoms with Gasteiger partial charge in [-0.05, 0) is 19.1 Å². The quantitative estimate of drug-likeness (QED) is 0.706. The Morgan fingerprint density at radius 2 is 2.15 bits per heavy atom. The Morgan fingerprint density at radius 1 is 1.38 bits per heavy atom. The van der Waals surface area contributed by atoms with Crippen molar-refractivity contribution in [3.05, 3.63) is 24.3 Å². The number of para-hydroxylation sites is 2. The Morgan fingerprint density at radius 3 is 2.77 bits per heavy atom. The number of hydrogen-bond donors (Lipinski definition) is 1. The first-order valence-corrected chi connectivity index (χ1v) is 4.35. The van der Waals surface area contributed by atoms with Crippen LogP contribution in [0.25, 0.3) is 0 Å². The van der Waals surface area contributed by atoms with Gasteiger partial charge in [0, 0.05) is 6.54 Å². The fourth-order valence-corrected chi connectivity index (χ4v) is 1.55. The van der Waals surface area contributed by atoms with E-state index in [1.54, 1.807) is 6.07 Å². The molecule has 0 unspecified atom stereocenters. The molecule has 0 saturated carbocycles. The maximum atomic E-state index is 9.59. The lowest BCUT2D eigenvalue weighted by Gasteiger charge is -2.18. The minimum Gasteiger partial charge on any atom is -0.506 e. The molecule has 68 valence electrons. The van der Waals surface area contributed by atoms with Crippen molar-refractivity contribution in [1.29, 1.82) is 0 Å². The van der Waals surface area contributed by atoms with Gasteiger partial charge in [0.05, 0.1) is 12.2 Å². The molecule has 1 aliphatic rings. The number of amidine groups is 1. The molecule has 0 amide bonds. The molecule has 0 atom stereocenters. The smallest absolute Gasteiger partial charge is 0.139 e. The molecular weight excluding hydrogens is 164 g/mol. The maximum Gasteiger partial charge on any atom is 0.139 e. The molecule has 3 nitrogen and oxygen atoms in total. The fraction of sp³-hybridized carbons (Fsp3) is 0.300. The highest BCUT2D eigenvalue weighted by Crippen LogP contribution is 2.27. The summed E-state index contributed by atoms with van der Waals surface area (Å²) in [6.07, 6.45) is 0. The molecule has 0 aromatic heterocycles. The number of phenolic OH excluding ortho intramolecular Hbond substituents is 1. The third kappa shape index (κ3) is 1.37. The minimum absolute atomic E-state index is 0.318. The number of phenols is 1. The van der Waals surface area contributed by atoms with E-state index in [2.05, 4.69) is 4.99 Å². The largest absolute Gasteiger partial charge is 0.506 e. The van der Waals surface area contributed by atoms with E-state index >= 15 is 0 Å². The summed E-state index contributed by atoms with van der Waals surface area (Å²) < 4.78 is 0. The number of anilines is 1. The van der Waals surface area contributed by atoms with Crippen molar-refractivity contribution in [2.45, 2.75) is 6.92 Å². The number of nitrogens with zero attached hydrogens (tertiary/aromatic N) is 2. The Bertz CT molecular complexity index is 347. The standard InChI is InChI=1S/C10H12N2O/c1-8-11-6-7-12(8)9-4-2-3-5-10(9)13/h2-5,13H,6-7H2,1H3. The van der Waals surface area contributed by atoms with Gasteiger partial charge in [-0.3, -0.25) is 4.99 Å². The summed E-state index contributed by atoms with van der Waals surface area (Å²) in [5, 5.41) is 9.59. The van der Waals surface area contributed by atoms with Gasteiger partial charge >= 0.3 is 0 Å². The van der Waals surface area contributed by atoms with Crippen LogP contribution in [0.3, 0.4) is 0 Å². The van der Waals surface area contributed by atoms with E-state index in [0.717, 1.165) is 24.6 Å². The van der Waals surface area contributed by atoms with Gasteiger partial charge in [-0.15, -0.1) is 0 Å². The SMILES string of the molecule is CC1=NCCN1c1ccccc1O. The van der Waals surface area contributed by atoms with E-state index in [1.165, 1.54) is 0 Å². The van der Waals surface area contributed by atoms with Gasteiger partial charge < -0.3 is 10.0 Å². The Balaban J connectivity index is 2.36. The molecule has 1 heterocycles. The van der Waals surface area contributed by atoms with Crippen LogP contribution < -0.4 is 4.90 Å². The third-order valence-corrected chi connectivity index (χ3v) is 2.23. The lowest BCUT2D eigenvalue weighted by Crippen LogP contribution is -2.24. The van der Waals surface area contributed by atoms with Crippen LogP contribution in [0.5, 0.6) is 5.75 Å². The van der Waals surface area contributed by atoms with E-state index in [-0.39, 0.29) is 0 Å². The van der Waals surface area contributed by atoms with Crippen molar-refractivity contribution < 1.29 is 5.11 Å². The number of benzene rings is 1. The lowest BCUT2D eigenvalue weighted by molar-refractivity contribution is 0.476. The third-order valence-electron chi connectivity index (χ3n) is 2.23. The number of aromatic hydroxyl groups is 1. The predicted molar refractivity (Wildman–Crippen MR) is 53.4 cm³/mol. The topological polar surface area (TPSA) is 35.8 Å². The van der Waals surface area contributed by atoms with Crippen LogP contribution in [0.4, 0.5) is 5.69 Å². The van der Waals surface area contributed by atoms with Crippen molar-refractivity contribution in [3.8, 4) is 5.75 Å². The van der Waals surface area contributed by atoms with Gasteiger partial charge in [0.15, 0.2) is 0 Å². The molecule has 3 heteroatoms. The number of aliphatic imine (C=N–C) groups is 1. The van der Waals surface area contributed by atoms with Crippen LogP contribution in [0.15, 0.2) is 29.3 Å². The Kier molecular flexibility index (Phi) is 1.93. The average molecular weight is 176 g/mol. The van der Waals surface area contributed by atoms with Crippen LogP contribution in [0.2, 0.25) is 0 Å². The molecule has 0 bridgehead atoms. The highest BCUT2D eigenvalue weighted by Gasteiger charge is 2.16. The van der Waals surface area contributed by atoms with Crippen molar-refractivity contribution in [3.63, 3.8) is 0 Å². The lowest BCUT2D eigenvalue weighted by atomic mass is 10.2. The molecule has 0 radical (unpaired) electrons. The first-order valence-electron chi connectivity index (χ1n) is 4.35. The predicted octanol–water partition coefficient (Wildman–Crippen LogP) is 1.63. The summed E-state index contributed by atoms with van der Waals surface area (Å²) >= 11 is 0. The number of hydrogen-bond acceptors (Lipinski definition) is 3. The van der Waals surface area contributed by atoms with E-state index in [0.29, 0.717) is 5.75 Å². The van der Waals surface area contributed by atoms with Gasteiger partial charge in [0.25, 0.3) is 0 Å². The Hall–Kier alpha value is -1.51. The zero-order valence-corrected chi connectivity index (χ0v) is 7.57. The summed E-state index contributed by atoms with van der Waals surface area (Å²) in [7, 11) is 0. The molecule has 0 fully saturated rings. The van der Waals surface area contributed by atoms with E-state index in [4.69, 9.17) is 0 Å². The van der Waals surface area contributed by atoms with Gasteiger partial charge in [0.1, 0.15) is 11.6 Å². The summed E-state index contributed by atoms with van der Waals surface area (Å²) in [6.45, 7) is 3.64. The highest BCUT2D eigenvalue weighted by molar-refractivity contribution is 5.98. The molecule has 1 N–H and O–H groups in total. The molecule has 1 aromatic rings. The minimum atomic E-state index is 0.318. The van der Waals surface area contributed by atoms with Gasteiger partial charge in [-0.1, -0.05) is 12.1 Å². The van der Waals surface area contributed by atoms with E-state index < -0.39 is 0 Å². The summed E-state index contributed by atoms with van der Waals surface area (Å²) in [6, 6.07) is 7.34. The van der Waals surface area contributed by atoms with Gasteiger partial charge in [-0.25, -0.2) is 0 Å². The monoisotopic (exact) mass is 176 g/mol. The van der Waals surface area contributed by atoms with Crippen molar-refractivity contribution in [2.75, 3.05) is 18.0 Å². The zero-order chi connectivity index (χ0) is 9.26. The highest BCUT2D eigenvalue weighted by atomic mass is 16.3. The first-order chi connectivity index (χ1) is 6.29. The summed E-state index contributed by atoms with van der Waals surface area (Å²) in [5.41, 5.74) is 0.848. The normalized spacial score (nSPS) is 16.1. The second-order valence-electron chi connectivity index (χ2n) is 3.07. The molecule has 0 saturated heterocycles. The molecule has 13 heavy (non-hydrogen) atoms. The molecular formula is C10H12N2O. The second kappa shape index (κ2) is 3.09. The zero-order valence-electron chi connectivity index (χ0n) is 7.57. The van der Waals surface area contributed by atoms with Gasteiger partial charge in [-0.2, -0.15) is 0 Å². The first kappa shape index (κ1) is 8.10. The van der Waals surface area contributed by atoms with Crippen molar-refractivity contribution in [2.24, 2.45) is 4.99 Å². The molecule has 2 rings (SSSR count). The van der Waals surface area contributed by atoms with E-state index in [9.17, 15) is 5.11 Å². The van der Waals surface area contributed by atoms with Crippen LogP contribution in [0, 0.1) is 0 Å². The van der Waals surface area contributed by atoms with E-state index in [1.807, 2.05) is 30.0 Å². The average Bonchev–Trinajstić information content (AvgIpc) is 2.52. The summed E-state index contributed by atoms with van der Waals surface area (Å²) in [5.74, 6) is 1.29. The summed E-state index contributed by atoms with van der Waals surface area (Å²) in [4.78, 5) is 6.29. The van der Waals surface area contributed by atoms with Crippen LogP contribution in [-0.2, 0) is 0 Å². The van der Waals surface area contributed by atoms with Crippen molar-refractivity contribution in [1.82, 2.24) is 0 Å². The van der Waals surface area contributed by atoms with Crippen molar-refractivity contribution >= 4 is 11.5 Å². The maximum absolute atomic E-state index is 9.59. The van der Waals surface area contributed by atoms with Crippen LogP contribution in [-0.4, -0.2) is 24.0 Å². The van der Waals surface area contributed by atoms with Gasteiger partial charge in [0.2, 0.25) is 0 Å².